The highest BCUT2D eigenvalue weighted by Crippen LogP contribution is 2.19. The van der Waals surface area contributed by atoms with Crippen molar-refractivity contribution in [3.8, 4) is 11.8 Å². The summed E-state index contributed by atoms with van der Waals surface area (Å²) in [7, 11) is 2.97. The molecule has 0 saturated carbocycles. The topological polar surface area (TPSA) is 122 Å². The standard InChI is InChI=1S/C36H40N6O4S/c1-5-25(2)33(40-34(43)18-31-20-38-24-42(31)21-27-11-9-26(19-37)10-12-27)23-41(22-28-7-6-8-29(17-28)35(44)46-4)36(47)39-30-13-15-32(45-3)16-14-30/h6-17,20,24-25,33H,5,18,21-23H2,1-4H3,(H,39,47)(H,40,43). The second-order valence-corrected chi connectivity index (χ2v) is 11.7. The minimum Gasteiger partial charge on any atom is -0.497 e. The van der Waals surface area contributed by atoms with Crippen LogP contribution >= 0.6 is 12.2 Å². The number of aromatic nitrogens is 2. The summed E-state index contributed by atoms with van der Waals surface area (Å²) in [5, 5.41) is 16.2. The van der Waals surface area contributed by atoms with Crippen molar-refractivity contribution in [1.82, 2.24) is 19.8 Å². The van der Waals surface area contributed by atoms with Gasteiger partial charge in [-0.15, -0.1) is 0 Å². The molecule has 47 heavy (non-hydrogen) atoms. The zero-order valence-corrected chi connectivity index (χ0v) is 27.9. The number of nitrogens with one attached hydrogen (secondary N) is 2. The Bertz CT molecular complexity index is 1700. The molecule has 4 rings (SSSR count). The first-order chi connectivity index (χ1) is 22.7. The molecular formula is C36H40N6O4S. The van der Waals surface area contributed by atoms with Gasteiger partial charge in [0.15, 0.2) is 5.11 Å². The van der Waals surface area contributed by atoms with E-state index in [1.165, 1.54) is 7.11 Å². The molecule has 2 N–H and O–H groups in total. The van der Waals surface area contributed by atoms with Crippen molar-refractivity contribution >= 4 is 34.9 Å². The van der Waals surface area contributed by atoms with E-state index in [1.807, 2.05) is 58.0 Å². The maximum Gasteiger partial charge on any atom is 0.337 e. The van der Waals surface area contributed by atoms with Crippen LogP contribution in [-0.2, 0) is 29.0 Å². The number of rotatable bonds is 14. The summed E-state index contributed by atoms with van der Waals surface area (Å²) in [6, 6.07) is 24.0. The van der Waals surface area contributed by atoms with E-state index in [0.29, 0.717) is 35.9 Å². The number of methoxy groups -OCH3 is 2. The quantitative estimate of drug-likeness (QED) is 0.133. The summed E-state index contributed by atoms with van der Waals surface area (Å²) in [6.07, 6.45) is 4.40. The van der Waals surface area contributed by atoms with E-state index < -0.39 is 5.97 Å². The molecule has 3 aromatic carbocycles. The third-order valence-electron chi connectivity index (χ3n) is 8.02. The number of ether oxygens (including phenoxy) is 2. The molecule has 0 fully saturated rings. The van der Waals surface area contributed by atoms with Crippen LogP contribution in [0.3, 0.4) is 0 Å². The Kier molecular flexibility index (Phi) is 12.5. The van der Waals surface area contributed by atoms with E-state index in [9.17, 15) is 9.59 Å². The minimum atomic E-state index is -0.416. The number of nitriles is 1. The minimum absolute atomic E-state index is 0.126. The number of nitrogens with zero attached hydrogens (tertiary/aromatic N) is 4. The molecule has 2 atom stereocenters. The van der Waals surface area contributed by atoms with E-state index >= 15 is 0 Å². The van der Waals surface area contributed by atoms with Gasteiger partial charge in [0.1, 0.15) is 5.75 Å². The smallest absolute Gasteiger partial charge is 0.337 e. The predicted octanol–water partition coefficient (Wildman–Crippen LogP) is 5.57. The Hall–Kier alpha value is -5.21. The van der Waals surface area contributed by atoms with Gasteiger partial charge in [-0.1, -0.05) is 44.5 Å². The number of anilines is 1. The first-order valence-electron chi connectivity index (χ1n) is 15.4. The zero-order valence-electron chi connectivity index (χ0n) is 27.1. The molecule has 1 aromatic heterocycles. The summed E-state index contributed by atoms with van der Waals surface area (Å²) in [6.45, 7) is 5.56. The van der Waals surface area contributed by atoms with Crippen molar-refractivity contribution < 1.29 is 19.1 Å². The molecule has 1 heterocycles. The van der Waals surface area contributed by atoms with Crippen LogP contribution in [0.5, 0.6) is 5.75 Å². The Morgan fingerprint density at radius 2 is 1.81 bits per heavy atom. The van der Waals surface area contributed by atoms with Crippen molar-refractivity contribution in [2.24, 2.45) is 5.92 Å². The number of carbonyl (C=O) groups is 2. The predicted molar refractivity (Wildman–Crippen MR) is 185 cm³/mol. The summed E-state index contributed by atoms with van der Waals surface area (Å²) in [5.74, 6) is 0.324. The van der Waals surface area contributed by atoms with Crippen LogP contribution < -0.4 is 15.4 Å². The zero-order chi connectivity index (χ0) is 33.8. The normalized spacial score (nSPS) is 11.9. The van der Waals surface area contributed by atoms with Crippen molar-refractivity contribution in [1.29, 1.82) is 5.26 Å². The third-order valence-corrected chi connectivity index (χ3v) is 8.38. The number of benzene rings is 3. The molecular weight excluding hydrogens is 613 g/mol. The van der Waals surface area contributed by atoms with Gasteiger partial charge in [0.2, 0.25) is 5.91 Å². The van der Waals surface area contributed by atoms with Crippen LogP contribution in [0.25, 0.3) is 0 Å². The highest BCUT2D eigenvalue weighted by molar-refractivity contribution is 7.80. The van der Waals surface area contributed by atoms with Crippen LogP contribution in [-0.4, -0.2) is 58.2 Å². The maximum atomic E-state index is 13.5. The fourth-order valence-corrected chi connectivity index (χ4v) is 5.32. The molecule has 244 valence electrons. The summed E-state index contributed by atoms with van der Waals surface area (Å²) < 4.78 is 12.1. The van der Waals surface area contributed by atoms with E-state index in [4.69, 9.17) is 27.0 Å². The number of hydrogen-bond donors (Lipinski definition) is 2. The molecule has 11 heteroatoms. The summed E-state index contributed by atoms with van der Waals surface area (Å²) in [5.41, 5.74) is 4.49. The van der Waals surface area contributed by atoms with E-state index in [-0.39, 0.29) is 24.3 Å². The first kappa shape index (κ1) is 34.7. The van der Waals surface area contributed by atoms with Crippen LogP contribution in [0.4, 0.5) is 5.69 Å². The van der Waals surface area contributed by atoms with Gasteiger partial charge >= 0.3 is 5.97 Å². The van der Waals surface area contributed by atoms with Gasteiger partial charge in [-0.05, 0) is 77.8 Å². The fourth-order valence-electron chi connectivity index (χ4n) is 5.06. The maximum absolute atomic E-state index is 13.5. The molecule has 0 spiro atoms. The number of esters is 1. The van der Waals surface area contributed by atoms with Crippen molar-refractivity contribution in [3.05, 3.63) is 113 Å². The number of hydrogen-bond acceptors (Lipinski definition) is 7. The summed E-state index contributed by atoms with van der Waals surface area (Å²) >= 11 is 5.92. The Balaban J connectivity index is 1.52. The third kappa shape index (κ3) is 9.89. The second kappa shape index (κ2) is 16.9. The fraction of sp³-hybridized carbons (Fsp3) is 0.306. The van der Waals surface area contributed by atoms with Crippen molar-refractivity contribution in [2.45, 2.75) is 45.8 Å². The van der Waals surface area contributed by atoms with Crippen LogP contribution in [0, 0.1) is 17.2 Å². The Morgan fingerprint density at radius 1 is 1.06 bits per heavy atom. The highest BCUT2D eigenvalue weighted by Gasteiger charge is 2.24. The highest BCUT2D eigenvalue weighted by atomic mass is 32.1. The van der Waals surface area contributed by atoms with Gasteiger partial charge in [-0.2, -0.15) is 5.26 Å². The van der Waals surface area contributed by atoms with Crippen LogP contribution in [0.1, 0.15) is 53.0 Å². The van der Waals surface area contributed by atoms with Gasteiger partial charge in [0.25, 0.3) is 0 Å². The molecule has 2 unspecified atom stereocenters. The monoisotopic (exact) mass is 652 g/mol. The Morgan fingerprint density at radius 3 is 2.47 bits per heavy atom. The number of carbonyl (C=O) groups excluding carboxylic acids is 2. The lowest BCUT2D eigenvalue weighted by Gasteiger charge is -2.33. The number of imidazole rings is 1. The van der Waals surface area contributed by atoms with Crippen LogP contribution in [0.2, 0.25) is 0 Å². The molecule has 10 nitrogen and oxygen atoms in total. The molecule has 0 aliphatic rings. The Labute approximate surface area is 281 Å². The largest absolute Gasteiger partial charge is 0.497 e. The molecule has 0 aliphatic heterocycles. The molecule has 0 saturated heterocycles. The molecule has 0 aliphatic carbocycles. The average Bonchev–Trinajstić information content (AvgIpc) is 3.53. The number of thiocarbonyl (C=S) groups is 1. The van der Waals surface area contributed by atoms with Gasteiger partial charge in [-0.25, -0.2) is 9.78 Å². The lowest BCUT2D eigenvalue weighted by Crippen LogP contribution is -2.50. The second-order valence-electron chi connectivity index (χ2n) is 11.3. The van der Waals surface area contributed by atoms with Crippen LogP contribution in [0.15, 0.2) is 85.3 Å². The van der Waals surface area contributed by atoms with E-state index in [2.05, 4.69) is 35.5 Å². The lowest BCUT2D eigenvalue weighted by molar-refractivity contribution is -0.121. The average molecular weight is 653 g/mol. The molecule has 4 aromatic rings. The number of amides is 1. The SMILES string of the molecule is CCC(C)C(CN(Cc1cccc(C(=O)OC)c1)C(=S)Nc1ccc(OC)cc1)NC(=O)Cc1cncn1Cc1ccc(C#N)cc1. The summed E-state index contributed by atoms with van der Waals surface area (Å²) in [4.78, 5) is 32.1. The van der Waals surface area contributed by atoms with Gasteiger partial charge < -0.3 is 29.6 Å². The van der Waals surface area contributed by atoms with E-state index in [1.54, 1.807) is 43.9 Å². The molecule has 1 amide bonds. The first-order valence-corrected chi connectivity index (χ1v) is 15.8. The van der Waals surface area contributed by atoms with E-state index in [0.717, 1.165) is 34.7 Å². The molecule has 0 radical (unpaired) electrons. The molecule has 0 bridgehead atoms. The lowest BCUT2D eigenvalue weighted by atomic mass is 9.98. The van der Waals surface area contributed by atoms with Gasteiger partial charge in [-0.3, -0.25) is 4.79 Å². The van der Waals surface area contributed by atoms with Crippen molar-refractivity contribution in [2.75, 3.05) is 26.1 Å². The van der Waals surface area contributed by atoms with Gasteiger partial charge in [0, 0.05) is 43.3 Å². The van der Waals surface area contributed by atoms with Crippen molar-refractivity contribution in [3.63, 3.8) is 0 Å². The van der Waals surface area contributed by atoms with Gasteiger partial charge in [0.05, 0.1) is 44.2 Å².